The summed E-state index contributed by atoms with van der Waals surface area (Å²) in [4.78, 5) is 3.44. The molecule has 0 radical (unpaired) electrons. The smallest absolute Gasteiger partial charge is 0.244 e. The van der Waals surface area contributed by atoms with Crippen LogP contribution in [0.5, 0.6) is 0 Å². The van der Waals surface area contributed by atoms with Gasteiger partial charge >= 0.3 is 0 Å². The van der Waals surface area contributed by atoms with Gasteiger partial charge in [0.05, 0.1) is 4.90 Å². The number of aromatic amines is 1. The lowest BCUT2D eigenvalue weighted by Crippen LogP contribution is -2.38. The van der Waals surface area contributed by atoms with E-state index in [1.807, 2.05) is 13.8 Å². The fourth-order valence-electron chi connectivity index (χ4n) is 2.67. The summed E-state index contributed by atoms with van der Waals surface area (Å²) in [5.74, 6) is 0. The molecule has 6 heteroatoms. The molecule has 1 aromatic rings. The number of nitrogens with one attached hydrogen (secondary N) is 2. The predicted octanol–water partition coefficient (Wildman–Crippen LogP) is 2.08. The van der Waals surface area contributed by atoms with Crippen LogP contribution in [0.15, 0.2) is 17.2 Å². The molecule has 1 aromatic heterocycles. The molecule has 0 bridgehead atoms. The van der Waals surface area contributed by atoms with Gasteiger partial charge in [-0.2, -0.15) is 4.31 Å². The van der Waals surface area contributed by atoms with E-state index in [4.69, 9.17) is 0 Å². The lowest BCUT2D eigenvalue weighted by Gasteiger charge is -2.25. The number of sulfonamides is 1. The fraction of sp³-hybridized carbons (Fsp3) is 0.714. The van der Waals surface area contributed by atoms with Crippen molar-refractivity contribution >= 4 is 10.0 Å². The maximum Gasteiger partial charge on any atom is 0.244 e. The number of nitrogens with zero attached hydrogens (tertiary/aromatic N) is 1. The van der Waals surface area contributed by atoms with Gasteiger partial charge in [-0.3, -0.25) is 0 Å². The second-order valence-electron chi connectivity index (χ2n) is 5.46. The monoisotopic (exact) mass is 299 g/mol. The highest BCUT2D eigenvalue weighted by atomic mass is 32.2. The summed E-state index contributed by atoms with van der Waals surface area (Å²) in [6.45, 7) is 6.21. The molecule has 1 aliphatic rings. The minimum absolute atomic E-state index is 0.0922. The zero-order valence-electron chi connectivity index (χ0n) is 12.4. The van der Waals surface area contributed by atoms with E-state index >= 15 is 0 Å². The molecule has 2 heterocycles. The van der Waals surface area contributed by atoms with E-state index < -0.39 is 10.0 Å². The van der Waals surface area contributed by atoms with Crippen molar-refractivity contribution in [2.75, 3.05) is 13.1 Å². The largest absolute Gasteiger partial charge is 0.363 e. The van der Waals surface area contributed by atoms with Crippen LogP contribution in [0.25, 0.3) is 0 Å². The van der Waals surface area contributed by atoms with Crippen LogP contribution in [-0.4, -0.2) is 36.8 Å². The molecular formula is C14H25N3O2S. The summed E-state index contributed by atoms with van der Waals surface area (Å²) in [7, 11) is -3.36. The van der Waals surface area contributed by atoms with Gasteiger partial charge in [-0.1, -0.05) is 19.8 Å². The Morgan fingerprint density at radius 1 is 1.40 bits per heavy atom. The molecule has 0 spiro atoms. The first-order valence-corrected chi connectivity index (χ1v) is 8.89. The van der Waals surface area contributed by atoms with Crippen LogP contribution in [0, 0.1) is 0 Å². The topological polar surface area (TPSA) is 65.2 Å². The Hall–Kier alpha value is -0.850. The maximum absolute atomic E-state index is 12.7. The van der Waals surface area contributed by atoms with Gasteiger partial charge in [0.25, 0.3) is 0 Å². The molecule has 1 aliphatic heterocycles. The van der Waals surface area contributed by atoms with Crippen LogP contribution >= 0.6 is 0 Å². The van der Waals surface area contributed by atoms with Gasteiger partial charge in [-0.05, 0) is 32.4 Å². The first-order valence-electron chi connectivity index (χ1n) is 7.45. The highest BCUT2D eigenvalue weighted by Crippen LogP contribution is 2.24. The van der Waals surface area contributed by atoms with E-state index in [9.17, 15) is 8.42 Å². The van der Waals surface area contributed by atoms with Gasteiger partial charge in [0.2, 0.25) is 10.0 Å². The number of rotatable bonds is 5. The van der Waals surface area contributed by atoms with E-state index in [1.54, 1.807) is 16.6 Å². The van der Waals surface area contributed by atoms with Gasteiger partial charge in [0, 0.05) is 31.0 Å². The molecule has 0 aromatic carbocycles. The molecule has 1 unspecified atom stereocenters. The summed E-state index contributed by atoms with van der Waals surface area (Å²) in [6, 6.07) is 1.84. The molecule has 2 N–H and O–H groups in total. The third-order valence-corrected chi connectivity index (χ3v) is 5.87. The summed E-state index contributed by atoms with van der Waals surface area (Å²) < 4.78 is 27.1. The van der Waals surface area contributed by atoms with Crippen molar-refractivity contribution in [3.05, 3.63) is 18.0 Å². The summed E-state index contributed by atoms with van der Waals surface area (Å²) in [6.07, 6.45) is 5.76. The normalized spacial score (nSPS) is 21.8. The molecule has 1 atom stereocenters. The van der Waals surface area contributed by atoms with E-state index in [1.165, 1.54) is 0 Å². The Kier molecular flexibility index (Phi) is 5.23. The Morgan fingerprint density at radius 2 is 2.20 bits per heavy atom. The van der Waals surface area contributed by atoms with E-state index in [2.05, 4.69) is 10.3 Å². The number of aromatic nitrogens is 1. The van der Waals surface area contributed by atoms with Crippen LogP contribution < -0.4 is 5.32 Å². The first kappa shape index (κ1) is 15.5. The summed E-state index contributed by atoms with van der Waals surface area (Å²) in [5, 5.41) is 3.19. The molecule has 0 saturated carbocycles. The highest BCUT2D eigenvalue weighted by Gasteiger charge is 2.30. The van der Waals surface area contributed by atoms with Crippen molar-refractivity contribution in [1.82, 2.24) is 14.6 Å². The SMILES string of the molecule is CCNCc1cc(S(=O)(=O)N2CCCCCC2C)c[nH]1. The molecule has 1 fully saturated rings. The fourth-order valence-corrected chi connectivity index (χ4v) is 4.39. The minimum Gasteiger partial charge on any atom is -0.363 e. The van der Waals surface area contributed by atoms with Crippen LogP contribution in [0.3, 0.4) is 0 Å². The van der Waals surface area contributed by atoms with Gasteiger partial charge in [-0.15, -0.1) is 0 Å². The van der Waals surface area contributed by atoms with Gasteiger partial charge < -0.3 is 10.3 Å². The zero-order valence-corrected chi connectivity index (χ0v) is 13.2. The van der Waals surface area contributed by atoms with Crippen LogP contribution in [0.4, 0.5) is 0 Å². The van der Waals surface area contributed by atoms with Crippen molar-refractivity contribution in [1.29, 1.82) is 0 Å². The molecular weight excluding hydrogens is 274 g/mol. The average Bonchev–Trinajstić information content (AvgIpc) is 2.79. The third kappa shape index (κ3) is 3.42. The first-order chi connectivity index (χ1) is 9.55. The highest BCUT2D eigenvalue weighted by molar-refractivity contribution is 7.89. The second kappa shape index (κ2) is 6.74. The van der Waals surface area contributed by atoms with E-state index in [0.717, 1.165) is 37.9 Å². The van der Waals surface area contributed by atoms with Crippen molar-refractivity contribution in [3.8, 4) is 0 Å². The summed E-state index contributed by atoms with van der Waals surface area (Å²) in [5.41, 5.74) is 0.910. The number of hydrogen-bond donors (Lipinski definition) is 2. The average molecular weight is 299 g/mol. The minimum atomic E-state index is -3.36. The Labute approximate surface area is 121 Å². The van der Waals surface area contributed by atoms with Gasteiger partial charge in [0.1, 0.15) is 0 Å². The second-order valence-corrected chi connectivity index (χ2v) is 7.35. The van der Waals surface area contributed by atoms with Crippen molar-refractivity contribution in [2.24, 2.45) is 0 Å². The predicted molar refractivity (Wildman–Crippen MR) is 80.0 cm³/mol. The van der Waals surface area contributed by atoms with E-state index in [0.29, 0.717) is 18.0 Å². The van der Waals surface area contributed by atoms with Crippen LogP contribution in [-0.2, 0) is 16.6 Å². The third-order valence-electron chi connectivity index (χ3n) is 3.88. The van der Waals surface area contributed by atoms with Gasteiger partial charge in [0.15, 0.2) is 0 Å². The molecule has 1 saturated heterocycles. The molecule has 114 valence electrons. The number of hydrogen-bond acceptors (Lipinski definition) is 3. The Balaban J connectivity index is 2.18. The molecule has 0 amide bonds. The molecule has 2 rings (SSSR count). The molecule has 5 nitrogen and oxygen atoms in total. The van der Waals surface area contributed by atoms with Gasteiger partial charge in [-0.25, -0.2) is 8.42 Å². The van der Waals surface area contributed by atoms with E-state index in [-0.39, 0.29) is 6.04 Å². The molecule has 20 heavy (non-hydrogen) atoms. The zero-order chi connectivity index (χ0) is 14.6. The lowest BCUT2D eigenvalue weighted by atomic mass is 10.1. The number of H-pyrrole nitrogens is 1. The Bertz CT molecular complexity index is 524. The Morgan fingerprint density at radius 3 is 2.95 bits per heavy atom. The lowest BCUT2D eigenvalue weighted by molar-refractivity contribution is 0.342. The van der Waals surface area contributed by atoms with Crippen LogP contribution in [0.2, 0.25) is 0 Å². The quantitative estimate of drug-likeness (QED) is 0.875. The molecule has 0 aliphatic carbocycles. The van der Waals surface area contributed by atoms with Crippen molar-refractivity contribution < 1.29 is 8.42 Å². The maximum atomic E-state index is 12.7. The standard InChI is InChI=1S/C14H25N3O2S/c1-3-15-10-13-9-14(11-16-13)20(18,19)17-8-6-4-5-7-12(17)2/h9,11-12,15-16H,3-8,10H2,1-2H3. The van der Waals surface area contributed by atoms with Crippen molar-refractivity contribution in [2.45, 2.75) is 57.0 Å². The summed E-state index contributed by atoms with van der Waals surface area (Å²) >= 11 is 0. The van der Waals surface area contributed by atoms with Crippen LogP contribution in [0.1, 0.15) is 45.2 Å². The van der Waals surface area contributed by atoms with Crippen molar-refractivity contribution in [3.63, 3.8) is 0 Å².